The number of halogens is 2. The number of methoxy groups -OCH3 is 1. The second kappa shape index (κ2) is 6.15. The van der Waals surface area contributed by atoms with Crippen LogP contribution in [-0.4, -0.2) is 13.0 Å². The largest absolute Gasteiger partial charge is 0.495 e. The summed E-state index contributed by atoms with van der Waals surface area (Å²) in [5.41, 5.74) is 7.17. The number of nitrogens with two attached hydrogens (primary N) is 1. The number of rotatable bonds is 3. The monoisotopic (exact) mass is 354 g/mol. The Morgan fingerprint density at radius 2 is 2.10 bits per heavy atom. The van der Waals surface area contributed by atoms with Gasteiger partial charge in [0.1, 0.15) is 5.75 Å². The van der Waals surface area contributed by atoms with Gasteiger partial charge in [0.25, 0.3) is 5.91 Å². The van der Waals surface area contributed by atoms with Gasteiger partial charge < -0.3 is 15.8 Å². The van der Waals surface area contributed by atoms with E-state index in [1.165, 1.54) is 7.11 Å². The van der Waals surface area contributed by atoms with E-state index < -0.39 is 0 Å². The van der Waals surface area contributed by atoms with Gasteiger partial charge in [-0.15, -0.1) is 0 Å². The second-order valence-electron chi connectivity index (χ2n) is 4.00. The lowest BCUT2D eigenvalue weighted by Crippen LogP contribution is -2.14. The van der Waals surface area contributed by atoms with Crippen molar-refractivity contribution in [3.05, 3.63) is 51.5 Å². The molecule has 6 heteroatoms. The van der Waals surface area contributed by atoms with E-state index in [1.807, 2.05) is 0 Å². The maximum Gasteiger partial charge on any atom is 0.257 e. The molecule has 0 aliphatic rings. The molecule has 0 fully saturated rings. The van der Waals surface area contributed by atoms with Gasteiger partial charge in [0.05, 0.1) is 23.4 Å². The van der Waals surface area contributed by atoms with E-state index >= 15 is 0 Å². The van der Waals surface area contributed by atoms with Crippen LogP contribution >= 0.6 is 27.5 Å². The van der Waals surface area contributed by atoms with Crippen molar-refractivity contribution in [2.75, 3.05) is 18.2 Å². The van der Waals surface area contributed by atoms with E-state index in [2.05, 4.69) is 21.2 Å². The first-order valence-corrected chi connectivity index (χ1v) is 6.89. The Morgan fingerprint density at radius 3 is 2.75 bits per heavy atom. The van der Waals surface area contributed by atoms with Gasteiger partial charge in [-0.1, -0.05) is 17.7 Å². The highest BCUT2D eigenvalue weighted by Crippen LogP contribution is 2.28. The van der Waals surface area contributed by atoms with Gasteiger partial charge in [-0.2, -0.15) is 0 Å². The molecular weight excluding hydrogens is 344 g/mol. The van der Waals surface area contributed by atoms with Gasteiger partial charge >= 0.3 is 0 Å². The molecule has 104 valence electrons. The minimum absolute atomic E-state index is 0.306. The van der Waals surface area contributed by atoms with Crippen molar-refractivity contribution in [1.29, 1.82) is 0 Å². The molecule has 0 aromatic heterocycles. The van der Waals surface area contributed by atoms with E-state index in [0.717, 1.165) is 0 Å². The van der Waals surface area contributed by atoms with Crippen LogP contribution in [0.4, 0.5) is 11.4 Å². The van der Waals surface area contributed by atoms with Gasteiger partial charge in [-0.25, -0.2) is 0 Å². The molecule has 0 aliphatic heterocycles. The molecule has 0 aliphatic carbocycles. The number of benzene rings is 2. The van der Waals surface area contributed by atoms with Crippen molar-refractivity contribution in [3.8, 4) is 5.75 Å². The Labute approximate surface area is 130 Å². The zero-order chi connectivity index (χ0) is 14.7. The number of carbonyl (C=O) groups is 1. The summed E-state index contributed by atoms with van der Waals surface area (Å²) in [5, 5.41) is 3.33. The lowest BCUT2D eigenvalue weighted by atomic mass is 10.1. The highest BCUT2D eigenvalue weighted by atomic mass is 79.9. The first kappa shape index (κ1) is 14.7. The summed E-state index contributed by atoms with van der Waals surface area (Å²) in [6.45, 7) is 0. The molecule has 0 spiro atoms. The van der Waals surface area contributed by atoms with Gasteiger partial charge in [-0.05, 0) is 46.3 Å². The molecule has 1 amide bonds. The van der Waals surface area contributed by atoms with Crippen LogP contribution in [0.15, 0.2) is 40.9 Å². The molecule has 2 rings (SSSR count). The van der Waals surface area contributed by atoms with Crippen LogP contribution in [0.1, 0.15) is 10.4 Å². The number of nitrogen functional groups attached to an aromatic ring is 1. The fourth-order valence-corrected chi connectivity index (χ4v) is 2.19. The second-order valence-corrected chi connectivity index (χ2v) is 5.27. The molecule has 2 aromatic rings. The standard InChI is InChI=1S/C14H12BrClN2O2/c1-20-12-4-2-3-9(13(12)17)14(19)18-8-5-6-11(16)10(15)7-8/h2-7H,17H2,1H3,(H,18,19). The van der Waals surface area contributed by atoms with Crippen molar-refractivity contribution in [2.45, 2.75) is 0 Å². The number of ether oxygens (including phenoxy) is 1. The molecule has 0 unspecified atom stereocenters. The number of anilines is 2. The summed E-state index contributed by atoms with van der Waals surface area (Å²) in [4.78, 5) is 12.2. The van der Waals surface area contributed by atoms with Crippen LogP contribution < -0.4 is 15.8 Å². The summed E-state index contributed by atoms with van der Waals surface area (Å²) in [5.74, 6) is 0.158. The molecule has 0 heterocycles. The van der Waals surface area contributed by atoms with Crippen molar-refractivity contribution >= 4 is 44.8 Å². The van der Waals surface area contributed by atoms with E-state index in [4.69, 9.17) is 22.1 Å². The Kier molecular flexibility index (Phi) is 4.52. The highest BCUT2D eigenvalue weighted by Gasteiger charge is 2.13. The maximum atomic E-state index is 12.2. The van der Waals surface area contributed by atoms with Crippen LogP contribution in [0.3, 0.4) is 0 Å². The van der Waals surface area contributed by atoms with Gasteiger partial charge in [-0.3, -0.25) is 4.79 Å². The average Bonchev–Trinajstić information content (AvgIpc) is 2.43. The highest BCUT2D eigenvalue weighted by molar-refractivity contribution is 9.10. The van der Waals surface area contributed by atoms with Crippen molar-refractivity contribution in [3.63, 3.8) is 0 Å². The van der Waals surface area contributed by atoms with Crippen LogP contribution in [0, 0.1) is 0 Å². The number of hydrogen-bond acceptors (Lipinski definition) is 3. The Hall–Kier alpha value is -1.72. The third-order valence-corrected chi connectivity index (χ3v) is 3.92. The topological polar surface area (TPSA) is 64.3 Å². The summed E-state index contributed by atoms with van der Waals surface area (Å²) in [6.07, 6.45) is 0. The molecule has 0 bridgehead atoms. The summed E-state index contributed by atoms with van der Waals surface area (Å²) in [6, 6.07) is 10.2. The predicted octanol–water partition coefficient (Wildman–Crippen LogP) is 3.95. The third-order valence-electron chi connectivity index (χ3n) is 2.71. The molecule has 0 saturated carbocycles. The quantitative estimate of drug-likeness (QED) is 0.820. The molecule has 0 atom stereocenters. The Morgan fingerprint density at radius 1 is 1.35 bits per heavy atom. The van der Waals surface area contributed by atoms with Crippen molar-refractivity contribution in [1.82, 2.24) is 0 Å². The third kappa shape index (κ3) is 3.05. The van der Waals surface area contributed by atoms with Crippen molar-refractivity contribution < 1.29 is 9.53 Å². The van der Waals surface area contributed by atoms with Gasteiger partial charge in [0.15, 0.2) is 0 Å². The summed E-state index contributed by atoms with van der Waals surface area (Å²) < 4.78 is 5.80. The minimum atomic E-state index is -0.310. The number of nitrogens with one attached hydrogen (secondary N) is 1. The fourth-order valence-electron chi connectivity index (χ4n) is 1.69. The minimum Gasteiger partial charge on any atom is -0.495 e. The van der Waals surface area contributed by atoms with Crippen LogP contribution in [0.5, 0.6) is 5.75 Å². The number of carbonyl (C=O) groups excluding carboxylic acids is 1. The number of para-hydroxylation sites is 1. The zero-order valence-electron chi connectivity index (χ0n) is 10.6. The van der Waals surface area contributed by atoms with Crippen LogP contribution in [-0.2, 0) is 0 Å². The lowest BCUT2D eigenvalue weighted by molar-refractivity contribution is 0.102. The molecular formula is C14H12BrClN2O2. The SMILES string of the molecule is COc1cccc(C(=O)Nc2ccc(Cl)c(Br)c2)c1N. The molecule has 20 heavy (non-hydrogen) atoms. The molecule has 0 radical (unpaired) electrons. The average molecular weight is 356 g/mol. The van der Waals surface area contributed by atoms with Gasteiger partial charge in [0, 0.05) is 10.2 Å². The molecule has 0 saturated heterocycles. The number of hydrogen-bond donors (Lipinski definition) is 2. The smallest absolute Gasteiger partial charge is 0.257 e. The normalized spacial score (nSPS) is 10.2. The van der Waals surface area contributed by atoms with Crippen LogP contribution in [0.2, 0.25) is 5.02 Å². The number of amides is 1. The van der Waals surface area contributed by atoms with E-state index in [-0.39, 0.29) is 5.91 Å². The molecule has 4 nitrogen and oxygen atoms in total. The molecule has 2 aromatic carbocycles. The first-order valence-electron chi connectivity index (χ1n) is 5.72. The zero-order valence-corrected chi connectivity index (χ0v) is 13.0. The van der Waals surface area contributed by atoms with E-state index in [1.54, 1.807) is 36.4 Å². The maximum absolute atomic E-state index is 12.2. The molecule has 3 N–H and O–H groups in total. The summed E-state index contributed by atoms with van der Waals surface area (Å²) >= 11 is 9.20. The Balaban J connectivity index is 2.26. The van der Waals surface area contributed by atoms with Crippen LogP contribution in [0.25, 0.3) is 0 Å². The van der Waals surface area contributed by atoms with E-state index in [0.29, 0.717) is 32.2 Å². The fraction of sp³-hybridized carbons (Fsp3) is 0.0714. The first-order chi connectivity index (χ1) is 9.52. The Bertz CT molecular complexity index is 662. The predicted molar refractivity (Wildman–Crippen MR) is 84.5 cm³/mol. The van der Waals surface area contributed by atoms with Crippen molar-refractivity contribution in [2.24, 2.45) is 0 Å². The summed E-state index contributed by atoms with van der Waals surface area (Å²) in [7, 11) is 1.50. The lowest BCUT2D eigenvalue weighted by Gasteiger charge is -2.11. The van der Waals surface area contributed by atoms with Gasteiger partial charge in [0.2, 0.25) is 0 Å². The van der Waals surface area contributed by atoms with E-state index in [9.17, 15) is 4.79 Å².